The fraction of sp³-hybridized carbons (Fsp3) is 0. The lowest BCUT2D eigenvalue weighted by molar-refractivity contribution is 0.627. The van der Waals surface area contributed by atoms with Gasteiger partial charge in [-0.15, -0.1) is 0 Å². The fourth-order valence-electron chi connectivity index (χ4n) is 0.873. The summed E-state index contributed by atoms with van der Waals surface area (Å²) in [7, 11) is 0. The molecule has 2 nitrogen and oxygen atoms in total. The van der Waals surface area contributed by atoms with Gasteiger partial charge in [0.1, 0.15) is 5.82 Å². The maximum Gasteiger partial charge on any atom is 0.124 e. The number of halogens is 1. The quantitative estimate of drug-likeness (QED) is 0.514. The summed E-state index contributed by atoms with van der Waals surface area (Å²) < 4.78 is 12.5. The van der Waals surface area contributed by atoms with Crippen LogP contribution < -0.4 is 5.43 Å². The van der Waals surface area contributed by atoms with Crippen molar-refractivity contribution < 1.29 is 4.39 Å². The van der Waals surface area contributed by atoms with E-state index in [9.17, 15) is 4.39 Å². The molecule has 0 saturated carbocycles. The predicted octanol–water partition coefficient (Wildman–Crippen LogP) is 1.41. The lowest BCUT2D eigenvalue weighted by Gasteiger charge is -1.92. The Balaban J connectivity index is 2.60. The SMILES string of the molecule is Fc1ccc2c(c1)C=N[N]2. The zero-order chi connectivity index (χ0) is 6.97. The molecule has 10 heavy (non-hydrogen) atoms. The van der Waals surface area contributed by atoms with Crippen molar-refractivity contribution in [2.24, 2.45) is 5.10 Å². The van der Waals surface area contributed by atoms with Crippen LogP contribution in [0.15, 0.2) is 23.3 Å². The molecule has 0 atom stereocenters. The van der Waals surface area contributed by atoms with Gasteiger partial charge in [0.15, 0.2) is 0 Å². The van der Waals surface area contributed by atoms with Crippen LogP contribution in [0.2, 0.25) is 0 Å². The van der Waals surface area contributed by atoms with Crippen LogP contribution in [0.4, 0.5) is 10.1 Å². The van der Waals surface area contributed by atoms with E-state index in [0.717, 1.165) is 11.3 Å². The van der Waals surface area contributed by atoms with E-state index in [1.54, 1.807) is 12.3 Å². The van der Waals surface area contributed by atoms with Gasteiger partial charge in [0, 0.05) is 5.56 Å². The fourth-order valence-corrected chi connectivity index (χ4v) is 0.873. The van der Waals surface area contributed by atoms with Gasteiger partial charge in [-0.2, -0.15) is 10.5 Å². The van der Waals surface area contributed by atoms with Gasteiger partial charge in [0.25, 0.3) is 0 Å². The highest BCUT2D eigenvalue weighted by Crippen LogP contribution is 2.18. The summed E-state index contributed by atoms with van der Waals surface area (Å²) in [5.41, 5.74) is 5.23. The van der Waals surface area contributed by atoms with Crippen LogP contribution in [0.5, 0.6) is 0 Å². The molecule has 1 aliphatic heterocycles. The van der Waals surface area contributed by atoms with Crippen LogP contribution in [0.25, 0.3) is 0 Å². The minimum absolute atomic E-state index is 0.248. The first-order chi connectivity index (χ1) is 4.86. The Hall–Kier alpha value is -1.38. The molecule has 49 valence electrons. The second-order valence-corrected chi connectivity index (χ2v) is 2.05. The van der Waals surface area contributed by atoms with Crippen molar-refractivity contribution in [1.29, 1.82) is 0 Å². The molecule has 1 aliphatic rings. The second kappa shape index (κ2) is 1.80. The molecule has 1 heterocycles. The van der Waals surface area contributed by atoms with Crippen molar-refractivity contribution in [2.45, 2.75) is 0 Å². The van der Waals surface area contributed by atoms with E-state index in [2.05, 4.69) is 10.5 Å². The van der Waals surface area contributed by atoms with E-state index >= 15 is 0 Å². The largest absolute Gasteiger partial charge is 0.207 e. The smallest absolute Gasteiger partial charge is 0.124 e. The van der Waals surface area contributed by atoms with Gasteiger partial charge in [-0.05, 0) is 18.2 Å². The van der Waals surface area contributed by atoms with Gasteiger partial charge in [-0.3, -0.25) is 0 Å². The molecule has 1 aromatic rings. The highest BCUT2D eigenvalue weighted by atomic mass is 19.1. The Morgan fingerprint density at radius 3 is 3.10 bits per heavy atom. The average Bonchev–Trinajstić information content (AvgIpc) is 2.33. The van der Waals surface area contributed by atoms with Crippen LogP contribution in [-0.2, 0) is 0 Å². The molecule has 0 aromatic heterocycles. The van der Waals surface area contributed by atoms with Gasteiger partial charge in [0.05, 0.1) is 11.9 Å². The third-order valence-electron chi connectivity index (χ3n) is 1.35. The van der Waals surface area contributed by atoms with Gasteiger partial charge < -0.3 is 0 Å². The molecule has 3 heteroatoms. The molecular weight excluding hydrogens is 131 g/mol. The molecule has 0 spiro atoms. The van der Waals surface area contributed by atoms with E-state index in [-0.39, 0.29) is 5.82 Å². The Morgan fingerprint density at radius 2 is 2.20 bits per heavy atom. The Bertz CT molecular complexity index is 294. The first-order valence-electron chi connectivity index (χ1n) is 2.90. The van der Waals surface area contributed by atoms with Crippen LogP contribution in [0.1, 0.15) is 5.56 Å². The first-order valence-corrected chi connectivity index (χ1v) is 2.90. The van der Waals surface area contributed by atoms with Crippen molar-refractivity contribution in [3.05, 3.63) is 29.6 Å². The van der Waals surface area contributed by atoms with E-state index in [1.807, 2.05) is 0 Å². The van der Waals surface area contributed by atoms with Crippen molar-refractivity contribution in [2.75, 3.05) is 0 Å². The van der Waals surface area contributed by atoms with Gasteiger partial charge in [0.2, 0.25) is 0 Å². The molecule has 0 bridgehead atoms. The lowest BCUT2D eigenvalue weighted by Crippen LogP contribution is -1.82. The highest BCUT2D eigenvalue weighted by Gasteiger charge is 2.06. The zero-order valence-electron chi connectivity index (χ0n) is 5.08. The molecule has 0 unspecified atom stereocenters. The van der Waals surface area contributed by atoms with E-state index in [4.69, 9.17) is 0 Å². The third kappa shape index (κ3) is 0.673. The molecule has 2 rings (SSSR count). The summed E-state index contributed by atoms with van der Waals surface area (Å²) in [6.45, 7) is 0. The number of nitrogens with zero attached hydrogens (tertiary/aromatic N) is 2. The molecule has 1 radical (unpaired) electrons. The molecule has 0 fully saturated rings. The summed E-state index contributed by atoms with van der Waals surface area (Å²) in [6, 6.07) is 4.39. The number of benzene rings is 1. The minimum atomic E-state index is -0.248. The molecule has 0 N–H and O–H groups in total. The Morgan fingerprint density at radius 1 is 1.30 bits per heavy atom. The maximum absolute atomic E-state index is 12.5. The number of hydrogen-bond donors (Lipinski definition) is 0. The maximum atomic E-state index is 12.5. The molecule has 0 amide bonds. The lowest BCUT2D eigenvalue weighted by atomic mass is 10.2. The summed E-state index contributed by atoms with van der Waals surface area (Å²) >= 11 is 0. The highest BCUT2D eigenvalue weighted by molar-refractivity contribution is 5.89. The monoisotopic (exact) mass is 135 g/mol. The van der Waals surface area contributed by atoms with E-state index in [0.29, 0.717) is 0 Å². The predicted molar refractivity (Wildman–Crippen MR) is 35.8 cm³/mol. The van der Waals surface area contributed by atoms with Crippen LogP contribution in [0.3, 0.4) is 0 Å². The molecule has 0 aliphatic carbocycles. The summed E-state index contributed by atoms with van der Waals surface area (Å²) in [5, 5.41) is 3.63. The van der Waals surface area contributed by atoms with Crippen molar-refractivity contribution in [3.63, 3.8) is 0 Å². The first kappa shape index (κ1) is 5.41. The summed E-state index contributed by atoms with van der Waals surface area (Å²) in [4.78, 5) is 0. The van der Waals surface area contributed by atoms with E-state index < -0.39 is 0 Å². The summed E-state index contributed by atoms with van der Waals surface area (Å²) in [5.74, 6) is -0.248. The average molecular weight is 135 g/mol. The van der Waals surface area contributed by atoms with Crippen molar-refractivity contribution in [3.8, 4) is 0 Å². The number of rotatable bonds is 0. The standard InChI is InChI=1S/C7H4FN2/c8-6-1-2-7-5(3-6)4-9-10-7/h1-4H. The van der Waals surface area contributed by atoms with Crippen molar-refractivity contribution >= 4 is 11.9 Å². The normalized spacial score (nSPS) is 12.9. The van der Waals surface area contributed by atoms with Crippen LogP contribution in [0, 0.1) is 5.82 Å². The molecule has 0 saturated heterocycles. The second-order valence-electron chi connectivity index (χ2n) is 2.05. The zero-order valence-corrected chi connectivity index (χ0v) is 5.08. The van der Waals surface area contributed by atoms with Gasteiger partial charge >= 0.3 is 0 Å². The van der Waals surface area contributed by atoms with Crippen LogP contribution >= 0.6 is 0 Å². The Labute approximate surface area is 57.4 Å². The number of fused-ring (bicyclic) bond motifs is 1. The number of hydrogen-bond acceptors (Lipinski definition) is 1. The van der Waals surface area contributed by atoms with Gasteiger partial charge in [-0.1, -0.05) is 0 Å². The topological polar surface area (TPSA) is 26.5 Å². The minimum Gasteiger partial charge on any atom is -0.207 e. The molecule has 1 aromatic carbocycles. The van der Waals surface area contributed by atoms with Gasteiger partial charge in [-0.25, -0.2) is 4.39 Å². The Kier molecular flexibility index (Phi) is 0.974. The van der Waals surface area contributed by atoms with Crippen LogP contribution in [-0.4, -0.2) is 6.21 Å². The van der Waals surface area contributed by atoms with Crippen molar-refractivity contribution in [1.82, 2.24) is 5.43 Å². The summed E-state index contributed by atoms with van der Waals surface area (Å²) in [6.07, 6.45) is 1.54. The van der Waals surface area contributed by atoms with E-state index in [1.165, 1.54) is 12.1 Å². The molecular formula is C7H4FN2. The third-order valence-corrected chi connectivity index (χ3v) is 1.35.